The van der Waals surface area contributed by atoms with Crippen molar-refractivity contribution in [3.05, 3.63) is 35.2 Å². The maximum absolute atomic E-state index is 11.5. The second-order valence-electron chi connectivity index (χ2n) is 5.44. The molecule has 0 amide bonds. The lowest BCUT2D eigenvalue weighted by atomic mass is 9.95. The zero-order valence-electron chi connectivity index (χ0n) is 12.1. The molecule has 0 saturated heterocycles. The molecule has 2 atom stereocenters. The Hall–Kier alpha value is -1.39. The summed E-state index contributed by atoms with van der Waals surface area (Å²) in [5.41, 5.74) is -0.871. The lowest BCUT2D eigenvalue weighted by Crippen LogP contribution is -2.50. The monoisotopic (exact) mass is 291 g/mol. The molecule has 1 aromatic carbocycles. The van der Waals surface area contributed by atoms with Crippen molar-refractivity contribution in [2.45, 2.75) is 45.2 Å². The first-order chi connectivity index (χ1) is 9.46. The van der Waals surface area contributed by atoms with Crippen LogP contribution in [-0.2, 0) is 4.79 Å². The Morgan fingerprint density at radius 2 is 2.15 bits per heavy atom. The number of nitrogens with one attached hydrogen (secondary N) is 1. The normalized spacial score (nSPS) is 15.9. The molecule has 3 nitrogen and oxygen atoms in total. The average Bonchev–Trinajstić information content (AvgIpc) is 2.82. The molecule has 0 fully saturated rings. The quantitative estimate of drug-likeness (QED) is 0.838. The number of fused-ring (bicyclic) bond motifs is 1. The van der Waals surface area contributed by atoms with Crippen molar-refractivity contribution < 1.29 is 9.90 Å². The molecule has 2 N–H and O–H groups in total. The molecule has 0 bridgehead atoms. The van der Waals surface area contributed by atoms with Crippen LogP contribution in [0.2, 0.25) is 0 Å². The number of thiophene rings is 1. The lowest BCUT2D eigenvalue weighted by Gasteiger charge is -2.29. The van der Waals surface area contributed by atoms with Crippen molar-refractivity contribution in [2.24, 2.45) is 0 Å². The molecular weight excluding hydrogens is 270 g/mol. The average molecular weight is 291 g/mol. The minimum atomic E-state index is -0.871. The summed E-state index contributed by atoms with van der Waals surface area (Å²) in [4.78, 5) is 12.7. The summed E-state index contributed by atoms with van der Waals surface area (Å²) in [5.74, 6) is -0.785. The van der Waals surface area contributed by atoms with E-state index in [0.29, 0.717) is 6.42 Å². The van der Waals surface area contributed by atoms with Gasteiger partial charge in [-0.2, -0.15) is 0 Å². The van der Waals surface area contributed by atoms with E-state index in [1.165, 1.54) is 15.0 Å². The number of aliphatic carboxylic acids is 1. The molecule has 2 unspecified atom stereocenters. The molecule has 2 aromatic rings. The number of rotatable bonds is 6. The van der Waals surface area contributed by atoms with E-state index in [-0.39, 0.29) is 6.04 Å². The predicted octanol–water partition coefficient (Wildman–Crippen LogP) is 4.20. The SMILES string of the molecule is CCCC(C)(NC(C)c1cc2ccccc2s1)C(=O)O. The summed E-state index contributed by atoms with van der Waals surface area (Å²) in [6, 6.07) is 10.4. The van der Waals surface area contributed by atoms with Gasteiger partial charge in [0.15, 0.2) is 0 Å². The zero-order valence-corrected chi connectivity index (χ0v) is 13.0. The first kappa shape index (κ1) is 15.0. The zero-order chi connectivity index (χ0) is 14.8. The highest BCUT2D eigenvalue weighted by molar-refractivity contribution is 7.19. The van der Waals surface area contributed by atoms with E-state index in [2.05, 4.69) is 23.5 Å². The summed E-state index contributed by atoms with van der Waals surface area (Å²) >= 11 is 1.72. The number of hydrogen-bond acceptors (Lipinski definition) is 3. The topological polar surface area (TPSA) is 49.3 Å². The van der Waals surface area contributed by atoms with Gasteiger partial charge in [0.05, 0.1) is 0 Å². The maximum Gasteiger partial charge on any atom is 0.323 e. The number of carboxylic acids is 1. The summed E-state index contributed by atoms with van der Waals surface area (Å²) in [6.07, 6.45) is 1.46. The van der Waals surface area contributed by atoms with E-state index in [9.17, 15) is 9.90 Å². The van der Waals surface area contributed by atoms with Crippen LogP contribution in [-0.4, -0.2) is 16.6 Å². The Morgan fingerprint density at radius 1 is 1.45 bits per heavy atom. The molecule has 0 aliphatic heterocycles. The van der Waals surface area contributed by atoms with Crippen molar-refractivity contribution in [3.63, 3.8) is 0 Å². The van der Waals surface area contributed by atoms with Gasteiger partial charge in [-0.05, 0) is 37.8 Å². The van der Waals surface area contributed by atoms with Crippen LogP contribution in [0.5, 0.6) is 0 Å². The molecule has 0 aliphatic rings. The van der Waals surface area contributed by atoms with Gasteiger partial charge in [-0.15, -0.1) is 11.3 Å². The number of carboxylic acid groups (broad SMARTS) is 1. The standard InChI is InChI=1S/C16H21NO2S/c1-4-9-16(3,15(18)19)17-11(2)14-10-12-7-5-6-8-13(12)20-14/h5-8,10-11,17H,4,9H2,1-3H3,(H,18,19). The van der Waals surface area contributed by atoms with Crippen LogP contribution in [0.1, 0.15) is 44.5 Å². The van der Waals surface area contributed by atoms with E-state index in [1.54, 1.807) is 18.3 Å². The molecule has 4 heteroatoms. The highest BCUT2D eigenvalue weighted by Gasteiger charge is 2.33. The molecule has 2 rings (SSSR count). The van der Waals surface area contributed by atoms with Crippen LogP contribution in [0.3, 0.4) is 0 Å². The van der Waals surface area contributed by atoms with Crippen molar-refractivity contribution in [1.29, 1.82) is 0 Å². The van der Waals surface area contributed by atoms with Crippen molar-refractivity contribution in [2.75, 3.05) is 0 Å². The Labute approximate surface area is 123 Å². The van der Waals surface area contributed by atoms with E-state index in [1.807, 2.05) is 26.0 Å². The first-order valence-electron chi connectivity index (χ1n) is 6.96. The Bertz CT molecular complexity index is 574. The van der Waals surface area contributed by atoms with Crippen LogP contribution in [0, 0.1) is 0 Å². The first-order valence-corrected chi connectivity index (χ1v) is 7.77. The summed E-state index contributed by atoms with van der Waals surface area (Å²) < 4.78 is 1.24. The Balaban J connectivity index is 2.22. The minimum Gasteiger partial charge on any atom is -0.480 e. The van der Waals surface area contributed by atoms with Gasteiger partial charge in [-0.3, -0.25) is 10.1 Å². The van der Waals surface area contributed by atoms with Crippen LogP contribution in [0.4, 0.5) is 0 Å². The smallest absolute Gasteiger partial charge is 0.323 e. The fourth-order valence-corrected chi connectivity index (χ4v) is 3.57. The van der Waals surface area contributed by atoms with Gasteiger partial charge in [0.25, 0.3) is 0 Å². The van der Waals surface area contributed by atoms with Crippen LogP contribution < -0.4 is 5.32 Å². The summed E-state index contributed by atoms with van der Waals surface area (Å²) in [7, 11) is 0. The maximum atomic E-state index is 11.5. The van der Waals surface area contributed by atoms with Crippen molar-refractivity contribution in [3.8, 4) is 0 Å². The minimum absolute atomic E-state index is 0.0278. The highest BCUT2D eigenvalue weighted by atomic mass is 32.1. The molecule has 0 aliphatic carbocycles. The summed E-state index contributed by atoms with van der Waals surface area (Å²) in [5, 5.41) is 13.9. The number of benzene rings is 1. The van der Waals surface area contributed by atoms with Crippen molar-refractivity contribution in [1.82, 2.24) is 5.32 Å². The summed E-state index contributed by atoms with van der Waals surface area (Å²) in [6.45, 7) is 5.80. The molecule has 108 valence electrons. The Morgan fingerprint density at radius 3 is 2.75 bits per heavy atom. The lowest BCUT2D eigenvalue weighted by molar-refractivity contribution is -0.144. The van der Waals surface area contributed by atoms with Crippen molar-refractivity contribution >= 4 is 27.4 Å². The third-order valence-electron chi connectivity index (χ3n) is 3.63. The predicted molar refractivity (Wildman–Crippen MR) is 84.3 cm³/mol. The molecule has 0 spiro atoms. The highest BCUT2D eigenvalue weighted by Crippen LogP contribution is 2.31. The van der Waals surface area contributed by atoms with Gasteiger partial charge < -0.3 is 5.11 Å². The van der Waals surface area contributed by atoms with E-state index < -0.39 is 11.5 Å². The van der Waals surface area contributed by atoms with Gasteiger partial charge in [-0.1, -0.05) is 31.5 Å². The molecular formula is C16H21NO2S. The Kier molecular flexibility index (Phi) is 4.45. The van der Waals surface area contributed by atoms with Gasteiger partial charge in [-0.25, -0.2) is 0 Å². The molecule has 0 saturated carbocycles. The third kappa shape index (κ3) is 3.02. The van der Waals surface area contributed by atoms with E-state index >= 15 is 0 Å². The fourth-order valence-electron chi connectivity index (χ4n) is 2.51. The van der Waals surface area contributed by atoms with E-state index in [0.717, 1.165) is 6.42 Å². The second-order valence-corrected chi connectivity index (χ2v) is 6.56. The van der Waals surface area contributed by atoms with Gasteiger partial charge in [0.2, 0.25) is 0 Å². The number of hydrogen-bond donors (Lipinski definition) is 2. The van der Waals surface area contributed by atoms with Gasteiger partial charge in [0.1, 0.15) is 5.54 Å². The van der Waals surface area contributed by atoms with E-state index in [4.69, 9.17) is 0 Å². The molecule has 1 heterocycles. The van der Waals surface area contributed by atoms with Crippen LogP contribution in [0.15, 0.2) is 30.3 Å². The van der Waals surface area contributed by atoms with Crippen LogP contribution >= 0.6 is 11.3 Å². The fraction of sp³-hybridized carbons (Fsp3) is 0.438. The molecule has 0 radical (unpaired) electrons. The number of carbonyl (C=O) groups is 1. The second kappa shape index (κ2) is 5.94. The van der Waals surface area contributed by atoms with Crippen LogP contribution in [0.25, 0.3) is 10.1 Å². The molecule has 20 heavy (non-hydrogen) atoms. The third-order valence-corrected chi connectivity index (χ3v) is 4.93. The van der Waals surface area contributed by atoms with Gasteiger partial charge in [0, 0.05) is 15.6 Å². The van der Waals surface area contributed by atoms with Gasteiger partial charge >= 0.3 is 5.97 Å². The molecule has 1 aromatic heterocycles. The largest absolute Gasteiger partial charge is 0.480 e.